The molecule has 0 spiro atoms. The molecular weight excluding hydrogens is 448 g/mol. The van der Waals surface area contributed by atoms with Gasteiger partial charge >= 0.3 is 0 Å². The molecule has 2 aromatic carbocycles. The van der Waals surface area contributed by atoms with Crippen LogP contribution in [0.4, 0.5) is 5.69 Å². The zero-order valence-corrected chi connectivity index (χ0v) is 20.2. The standard InChI is InChI=1S/C26H26N4O5/c1-30(2)26(32)16-8-6-15(7-9-16)24(31)28-21-14-19-20(33-3)12-10-17(23(19)27-21)18-11-13-22(34-4)29-25(18)35-5/h6-13H,14H2,1-5H3,(H,27,28,31). The van der Waals surface area contributed by atoms with Crippen LogP contribution in [0.2, 0.25) is 0 Å². The first-order valence-electron chi connectivity index (χ1n) is 10.9. The van der Waals surface area contributed by atoms with Crippen LogP contribution in [0.1, 0.15) is 26.3 Å². The quantitative estimate of drug-likeness (QED) is 0.587. The number of amidine groups is 1. The van der Waals surface area contributed by atoms with Crippen molar-refractivity contribution in [1.82, 2.24) is 15.2 Å². The number of fused-ring (bicyclic) bond motifs is 1. The van der Waals surface area contributed by atoms with E-state index in [2.05, 4.69) is 10.3 Å². The summed E-state index contributed by atoms with van der Waals surface area (Å²) in [6.45, 7) is 0. The van der Waals surface area contributed by atoms with Crippen LogP contribution < -0.4 is 19.5 Å². The number of amides is 2. The third-order valence-electron chi connectivity index (χ3n) is 5.64. The highest BCUT2D eigenvalue weighted by atomic mass is 16.5. The van der Waals surface area contributed by atoms with Gasteiger partial charge in [-0.05, 0) is 42.5 Å². The molecule has 0 bridgehead atoms. The second-order valence-corrected chi connectivity index (χ2v) is 8.02. The molecule has 0 unspecified atom stereocenters. The number of carbonyl (C=O) groups is 2. The summed E-state index contributed by atoms with van der Waals surface area (Å²) in [4.78, 5) is 35.6. The van der Waals surface area contributed by atoms with E-state index in [0.717, 1.165) is 16.7 Å². The minimum absolute atomic E-state index is 0.129. The molecule has 180 valence electrons. The van der Waals surface area contributed by atoms with Crippen molar-refractivity contribution in [3.05, 3.63) is 65.2 Å². The number of hydrogen-bond acceptors (Lipinski definition) is 7. The SMILES string of the molecule is COc1ccc(-c2ccc(OC)c3c2N=C(NC(=O)c2ccc(C(=O)N(C)C)cc2)C3)c(OC)n1. The van der Waals surface area contributed by atoms with Gasteiger partial charge in [0.15, 0.2) is 0 Å². The van der Waals surface area contributed by atoms with Crippen molar-refractivity contribution in [3.8, 4) is 28.6 Å². The Bertz CT molecular complexity index is 1320. The maximum absolute atomic E-state index is 12.9. The van der Waals surface area contributed by atoms with Gasteiger partial charge in [0.25, 0.3) is 11.8 Å². The van der Waals surface area contributed by atoms with Crippen LogP contribution in [-0.2, 0) is 6.42 Å². The van der Waals surface area contributed by atoms with E-state index < -0.39 is 0 Å². The van der Waals surface area contributed by atoms with Crippen LogP contribution in [0.5, 0.6) is 17.5 Å². The Morgan fingerprint density at radius 1 is 0.857 bits per heavy atom. The molecule has 3 aromatic rings. The predicted molar refractivity (Wildman–Crippen MR) is 132 cm³/mol. The van der Waals surface area contributed by atoms with Crippen LogP contribution in [0, 0.1) is 0 Å². The van der Waals surface area contributed by atoms with E-state index in [1.165, 1.54) is 4.90 Å². The molecular formula is C26H26N4O5. The highest BCUT2D eigenvalue weighted by Crippen LogP contribution is 2.44. The fourth-order valence-corrected chi connectivity index (χ4v) is 3.86. The Morgan fingerprint density at radius 2 is 1.54 bits per heavy atom. The lowest BCUT2D eigenvalue weighted by atomic mass is 10.00. The number of nitrogens with one attached hydrogen (secondary N) is 1. The minimum atomic E-state index is -0.315. The maximum atomic E-state index is 12.9. The molecule has 0 aliphatic carbocycles. The average Bonchev–Trinajstić information content (AvgIpc) is 3.30. The number of aliphatic imine (C=N–C) groups is 1. The van der Waals surface area contributed by atoms with Gasteiger partial charge in [0.05, 0.1) is 27.0 Å². The van der Waals surface area contributed by atoms with E-state index in [9.17, 15) is 9.59 Å². The first-order chi connectivity index (χ1) is 16.9. The van der Waals surface area contributed by atoms with Gasteiger partial charge in [0, 0.05) is 54.4 Å². The van der Waals surface area contributed by atoms with E-state index in [4.69, 9.17) is 19.2 Å². The molecule has 35 heavy (non-hydrogen) atoms. The van der Waals surface area contributed by atoms with Crippen molar-refractivity contribution in [1.29, 1.82) is 0 Å². The fraction of sp³-hybridized carbons (Fsp3) is 0.231. The molecule has 9 heteroatoms. The van der Waals surface area contributed by atoms with Crippen molar-refractivity contribution in [2.24, 2.45) is 4.99 Å². The Labute approximate surface area is 203 Å². The molecule has 1 aromatic heterocycles. The molecule has 0 saturated carbocycles. The highest BCUT2D eigenvalue weighted by Gasteiger charge is 2.26. The topological polar surface area (TPSA) is 102 Å². The lowest BCUT2D eigenvalue weighted by molar-refractivity contribution is 0.0826. The van der Waals surface area contributed by atoms with Crippen LogP contribution >= 0.6 is 0 Å². The number of nitrogens with zero attached hydrogens (tertiary/aromatic N) is 3. The molecule has 9 nitrogen and oxygen atoms in total. The predicted octanol–water partition coefficient (Wildman–Crippen LogP) is 3.49. The summed E-state index contributed by atoms with van der Waals surface area (Å²) in [6.07, 6.45) is 0.390. The van der Waals surface area contributed by atoms with E-state index >= 15 is 0 Å². The zero-order chi connectivity index (χ0) is 25.1. The van der Waals surface area contributed by atoms with Gasteiger partial charge in [-0.25, -0.2) is 4.99 Å². The second kappa shape index (κ2) is 9.84. The third-order valence-corrected chi connectivity index (χ3v) is 5.64. The van der Waals surface area contributed by atoms with E-state index in [1.807, 2.05) is 18.2 Å². The lowest BCUT2D eigenvalue weighted by Gasteiger charge is -2.13. The average molecular weight is 475 g/mol. The number of pyridine rings is 1. The van der Waals surface area contributed by atoms with Gasteiger partial charge in [0.1, 0.15) is 11.6 Å². The first kappa shape index (κ1) is 23.7. The number of rotatable bonds is 6. The summed E-state index contributed by atoms with van der Waals surface area (Å²) >= 11 is 0. The van der Waals surface area contributed by atoms with Crippen molar-refractivity contribution >= 4 is 23.3 Å². The van der Waals surface area contributed by atoms with Crippen LogP contribution in [-0.4, -0.2) is 63.0 Å². The molecule has 2 heterocycles. The summed E-state index contributed by atoms with van der Waals surface area (Å²) in [7, 11) is 8.04. The van der Waals surface area contributed by atoms with Gasteiger partial charge in [-0.1, -0.05) is 0 Å². The maximum Gasteiger partial charge on any atom is 0.256 e. The second-order valence-electron chi connectivity index (χ2n) is 8.02. The Hall–Kier alpha value is -4.40. The van der Waals surface area contributed by atoms with Crippen LogP contribution in [0.25, 0.3) is 11.1 Å². The molecule has 0 saturated heterocycles. The molecule has 1 aliphatic rings. The largest absolute Gasteiger partial charge is 0.496 e. The van der Waals surface area contributed by atoms with Crippen LogP contribution in [0.3, 0.4) is 0 Å². The van der Waals surface area contributed by atoms with Crippen molar-refractivity contribution in [2.45, 2.75) is 6.42 Å². The summed E-state index contributed by atoms with van der Waals surface area (Å²) in [5.74, 6) is 1.55. The molecule has 2 amide bonds. The Morgan fingerprint density at radius 3 is 2.17 bits per heavy atom. The van der Waals surface area contributed by atoms with Gasteiger partial charge in [-0.3, -0.25) is 9.59 Å². The fourth-order valence-electron chi connectivity index (χ4n) is 3.86. The number of benzene rings is 2. The monoisotopic (exact) mass is 474 g/mol. The Balaban J connectivity index is 1.63. The van der Waals surface area contributed by atoms with Crippen molar-refractivity contribution < 1.29 is 23.8 Å². The molecule has 0 radical (unpaired) electrons. The van der Waals surface area contributed by atoms with E-state index in [0.29, 0.717) is 46.6 Å². The number of hydrogen-bond donors (Lipinski definition) is 1. The number of carbonyl (C=O) groups excluding carboxylic acids is 2. The van der Waals surface area contributed by atoms with E-state index in [1.54, 1.807) is 65.8 Å². The summed E-state index contributed by atoms with van der Waals surface area (Å²) in [5.41, 5.74) is 4.00. The molecule has 1 N–H and O–H groups in total. The Kier molecular flexibility index (Phi) is 6.68. The van der Waals surface area contributed by atoms with Gasteiger partial charge in [-0.15, -0.1) is 0 Å². The summed E-state index contributed by atoms with van der Waals surface area (Å²) < 4.78 is 16.2. The molecule has 0 atom stereocenters. The molecule has 1 aliphatic heterocycles. The number of aromatic nitrogens is 1. The normalized spacial score (nSPS) is 11.9. The third kappa shape index (κ3) is 4.65. The van der Waals surface area contributed by atoms with Crippen LogP contribution in [0.15, 0.2) is 53.5 Å². The minimum Gasteiger partial charge on any atom is -0.496 e. The number of methoxy groups -OCH3 is 3. The number of ether oxygens (including phenoxy) is 3. The van der Waals surface area contributed by atoms with Gasteiger partial charge in [-0.2, -0.15) is 4.98 Å². The molecule has 0 fully saturated rings. The van der Waals surface area contributed by atoms with Crippen molar-refractivity contribution in [3.63, 3.8) is 0 Å². The lowest BCUT2D eigenvalue weighted by Crippen LogP contribution is -2.30. The summed E-state index contributed by atoms with van der Waals surface area (Å²) in [6, 6.07) is 13.9. The summed E-state index contributed by atoms with van der Waals surface area (Å²) in [5, 5.41) is 2.88. The molecule has 4 rings (SSSR count). The van der Waals surface area contributed by atoms with Gasteiger partial charge in [0.2, 0.25) is 11.8 Å². The zero-order valence-electron chi connectivity index (χ0n) is 20.2. The first-order valence-corrected chi connectivity index (χ1v) is 10.9. The van der Waals surface area contributed by atoms with E-state index in [-0.39, 0.29) is 11.8 Å². The highest BCUT2D eigenvalue weighted by molar-refractivity contribution is 6.10. The van der Waals surface area contributed by atoms with Gasteiger partial charge < -0.3 is 24.4 Å². The smallest absolute Gasteiger partial charge is 0.256 e. The van der Waals surface area contributed by atoms with Crippen molar-refractivity contribution in [2.75, 3.05) is 35.4 Å².